The number of hydrogen-bond donors (Lipinski definition) is 0. The lowest BCUT2D eigenvalue weighted by Crippen LogP contribution is -2.36. The van der Waals surface area contributed by atoms with Gasteiger partial charge in [0.2, 0.25) is 0 Å². The highest BCUT2D eigenvalue weighted by atomic mass is 35.5. The average Bonchev–Trinajstić information content (AvgIpc) is 2.35. The lowest BCUT2D eigenvalue weighted by molar-refractivity contribution is 0.304. The van der Waals surface area contributed by atoms with Gasteiger partial charge < -0.3 is 17.7 Å². The van der Waals surface area contributed by atoms with E-state index in [-0.39, 0.29) is 12.4 Å². The van der Waals surface area contributed by atoms with Crippen molar-refractivity contribution >= 4 is 24.0 Å². The van der Waals surface area contributed by atoms with Gasteiger partial charge in [0.05, 0.1) is 5.82 Å². The Morgan fingerprint density at radius 2 is 1.80 bits per heavy atom. The number of rotatable bonds is 4. The summed E-state index contributed by atoms with van der Waals surface area (Å²) in [4.78, 5) is 0. The molecule has 1 nitrogen and oxygen atoms in total. The van der Waals surface area contributed by atoms with Crippen molar-refractivity contribution in [2.24, 2.45) is 0 Å². The van der Waals surface area contributed by atoms with Gasteiger partial charge in [-0.15, -0.1) is 0 Å². The van der Waals surface area contributed by atoms with E-state index in [2.05, 4.69) is 0 Å². The second-order valence-corrected chi connectivity index (χ2v) is 4.61. The molecule has 0 heterocycles. The molecule has 0 atom stereocenters. The summed E-state index contributed by atoms with van der Waals surface area (Å²) >= 11 is 5.78. The molecule has 0 saturated heterocycles. The summed E-state index contributed by atoms with van der Waals surface area (Å²) in [5.74, 6) is -1.30. The largest absolute Gasteiger partial charge is 0.512 e. The van der Waals surface area contributed by atoms with E-state index >= 15 is 0 Å². The minimum Gasteiger partial charge on any atom is -0.489 e. The first-order valence-electron chi connectivity index (χ1n) is 5.73. The van der Waals surface area contributed by atoms with Crippen LogP contribution in [0.4, 0.5) is 17.3 Å². The molecule has 0 aliphatic rings. The molecule has 0 amide bonds. The second kappa shape index (κ2) is 5.75. The average molecular weight is 303 g/mol. The molecular formula is C13H9BClF4O-. The maximum Gasteiger partial charge on any atom is 0.512 e. The van der Waals surface area contributed by atoms with Crippen LogP contribution in [0.25, 0.3) is 0 Å². The van der Waals surface area contributed by atoms with Crippen LogP contribution in [0.5, 0.6) is 5.75 Å². The standard InChI is InChI=1S/C13H9BClF4O/c15-10-3-1-2-9(6-10)8-20-11-4-5-12(13(16)7-11)14(17,18)19/h1-7H,8H2/q-1. The van der Waals surface area contributed by atoms with Crippen LogP contribution in [0.15, 0.2) is 42.5 Å². The molecule has 0 bridgehead atoms. The Bertz CT molecular complexity index is 616. The van der Waals surface area contributed by atoms with Gasteiger partial charge in [-0.2, -0.15) is 0 Å². The van der Waals surface area contributed by atoms with Gasteiger partial charge in [0, 0.05) is 11.1 Å². The first-order chi connectivity index (χ1) is 9.36. The molecule has 2 rings (SSSR count). The third-order valence-corrected chi connectivity index (χ3v) is 2.85. The van der Waals surface area contributed by atoms with Crippen molar-refractivity contribution in [1.82, 2.24) is 0 Å². The Kier molecular flexibility index (Phi) is 4.23. The summed E-state index contributed by atoms with van der Waals surface area (Å²) in [5, 5.41) is 0.521. The Hall–Kier alpha value is -1.69. The molecule has 0 aromatic heterocycles. The van der Waals surface area contributed by atoms with E-state index in [4.69, 9.17) is 16.3 Å². The Morgan fingerprint density at radius 3 is 2.40 bits per heavy atom. The van der Waals surface area contributed by atoms with Crippen LogP contribution >= 0.6 is 11.6 Å². The first-order valence-corrected chi connectivity index (χ1v) is 6.11. The van der Waals surface area contributed by atoms with Crippen LogP contribution in [0.2, 0.25) is 5.02 Å². The predicted octanol–water partition coefficient (Wildman–Crippen LogP) is 4.11. The Balaban J connectivity index is 2.10. The van der Waals surface area contributed by atoms with E-state index in [1.807, 2.05) is 0 Å². The zero-order chi connectivity index (χ0) is 14.8. The number of ether oxygens (including phenoxy) is 1. The van der Waals surface area contributed by atoms with E-state index in [9.17, 15) is 17.3 Å². The van der Waals surface area contributed by atoms with Crippen LogP contribution in [-0.4, -0.2) is 6.98 Å². The second-order valence-electron chi connectivity index (χ2n) is 4.18. The minimum absolute atomic E-state index is 0.0336. The summed E-state index contributed by atoms with van der Waals surface area (Å²) in [6.07, 6.45) is 0. The van der Waals surface area contributed by atoms with Crippen molar-refractivity contribution < 1.29 is 22.1 Å². The molecule has 0 spiro atoms. The van der Waals surface area contributed by atoms with E-state index in [1.165, 1.54) is 0 Å². The third-order valence-electron chi connectivity index (χ3n) is 2.62. The smallest absolute Gasteiger partial charge is 0.489 e. The van der Waals surface area contributed by atoms with Gasteiger partial charge in [-0.3, -0.25) is 0 Å². The first kappa shape index (κ1) is 14.7. The molecule has 7 heteroatoms. The molecule has 20 heavy (non-hydrogen) atoms. The maximum atomic E-state index is 13.3. The van der Waals surface area contributed by atoms with Crippen LogP contribution in [0.3, 0.4) is 0 Å². The Morgan fingerprint density at radius 1 is 1.05 bits per heavy atom. The lowest BCUT2D eigenvalue weighted by Gasteiger charge is -2.16. The van der Waals surface area contributed by atoms with Gasteiger partial charge in [-0.05, 0) is 23.8 Å². The topological polar surface area (TPSA) is 9.23 Å². The van der Waals surface area contributed by atoms with Crippen molar-refractivity contribution in [3.05, 3.63) is 58.9 Å². The van der Waals surface area contributed by atoms with Crippen molar-refractivity contribution in [2.75, 3.05) is 0 Å². The Labute approximate surface area is 118 Å². The summed E-state index contributed by atoms with van der Waals surface area (Å²) in [5.41, 5.74) is -0.512. The van der Waals surface area contributed by atoms with Gasteiger partial charge >= 0.3 is 6.98 Å². The van der Waals surface area contributed by atoms with Crippen molar-refractivity contribution in [2.45, 2.75) is 6.61 Å². The summed E-state index contributed by atoms with van der Waals surface area (Å²) in [6.45, 7) is -5.26. The van der Waals surface area contributed by atoms with Crippen LogP contribution in [0.1, 0.15) is 5.56 Å². The molecule has 0 unspecified atom stereocenters. The molecule has 0 radical (unpaired) electrons. The van der Waals surface area contributed by atoms with E-state index in [0.717, 1.165) is 17.7 Å². The molecule has 0 aliphatic heterocycles. The van der Waals surface area contributed by atoms with E-state index in [1.54, 1.807) is 24.3 Å². The van der Waals surface area contributed by atoms with E-state index in [0.29, 0.717) is 11.1 Å². The summed E-state index contributed by atoms with van der Waals surface area (Å²) in [7, 11) is 0. The van der Waals surface area contributed by atoms with Gasteiger partial charge in [0.25, 0.3) is 0 Å². The normalized spacial score (nSPS) is 11.4. The van der Waals surface area contributed by atoms with E-state index < -0.39 is 18.3 Å². The number of halogens is 5. The molecule has 0 fully saturated rings. The fourth-order valence-corrected chi connectivity index (χ4v) is 1.87. The van der Waals surface area contributed by atoms with Gasteiger partial charge in [-0.25, -0.2) is 4.39 Å². The molecule has 106 valence electrons. The molecule has 2 aromatic carbocycles. The third kappa shape index (κ3) is 3.66. The number of hydrogen-bond acceptors (Lipinski definition) is 1. The molecule has 0 N–H and O–H groups in total. The van der Waals surface area contributed by atoms with Crippen molar-refractivity contribution in [3.8, 4) is 5.75 Å². The fraction of sp³-hybridized carbons (Fsp3) is 0.0769. The van der Waals surface area contributed by atoms with Crippen LogP contribution in [0, 0.1) is 5.82 Å². The summed E-state index contributed by atoms with van der Waals surface area (Å²) < 4.78 is 55.9. The molecular weight excluding hydrogens is 294 g/mol. The molecule has 0 saturated carbocycles. The van der Waals surface area contributed by atoms with Gasteiger partial charge in [0.15, 0.2) is 0 Å². The highest BCUT2D eigenvalue weighted by Gasteiger charge is 2.28. The van der Waals surface area contributed by atoms with Crippen molar-refractivity contribution in [3.63, 3.8) is 0 Å². The minimum atomic E-state index is -5.36. The fourth-order valence-electron chi connectivity index (χ4n) is 1.66. The molecule has 0 aliphatic carbocycles. The maximum absolute atomic E-state index is 13.3. The van der Waals surface area contributed by atoms with Crippen molar-refractivity contribution in [1.29, 1.82) is 0 Å². The zero-order valence-corrected chi connectivity index (χ0v) is 10.9. The zero-order valence-electron chi connectivity index (χ0n) is 10.1. The van der Waals surface area contributed by atoms with Gasteiger partial charge in [-0.1, -0.05) is 35.3 Å². The predicted molar refractivity (Wildman–Crippen MR) is 70.9 cm³/mol. The highest BCUT2D eigenvalue weighted by Crippen LogP contribution is 2.18. The SMILES string of the molecule is Fc1cc(OCc2cccc(Cl)c2)ccc1[B-](F)(F)F. The van der Waals surface area contributed by atoms with Crippen LogP contribution in [-0.2, 0) is 6.61 Å². The monoisotopic (exact) mass is 303 g/mol. The van der Waals surface area contributed by atoms with Crippen LogP contribution < -0.4 is 10.2 Å². The highest BCUT2D eigenvalue weighted by molar-refractivity contribution is 6.73. The molecule has 2 aromatic rings. The quantitative estimate of drug-likeness (QED) is 0.610. The van der Waals surface area contributed by atoms with Gasteiger partial charge in [0.1, 0.15) is 12.4 Å². The lowest BCUT2D eigenvalue weighted by atomic mass is 9.80. The summed E-state index contributed by atoms with van der Waals surface area (Å²) in [6, 6.07) is 9.32. The number of benzene rings is 2.